The number of aryl methyl sites for hydroxylation is 1. The van der Waals surface area contributed by atoms with Gasteiger partial charge in [-0.25, -0.2) is 4.98 Å². The van der Waals surface area contributed by atoms with Crippen LogP contribution < -0.4 is 4.74 Å². The van der Waals surface area contributed by atoms with Gasteiger partial charge in [0, 0.05) is 18.1 Å². The van der Waals surface area contributed by atoms with Gasteiger partial charge in [0.05, 0.1) is 24.8 Å². The van der Waals surface area contributed by atoms with Gasteiger partial charge in [0.2, 0.25) is 11.8 Å². The summed E-state index contributed by atoms with van der Waals surface area (Å²) in [4.78, 5) is 4.73. The molecule has 0 radical (unpaired) electrons. The Morgan fingerprint density at radius 3 is 2.52 bits per heavy atom. The molecule has 0 fully saturated rings. The number of ether oxygens (including phenoxy) is 1. The highest BCUT2D eigenvalue weighted by Crippen LogP contribution is 2.38. The first-order valence-corrected chi connectivity index (χ1v) is 9.64. The highest BCUT2D eigenvalue weighted by atomic mass is 16.5. The predicted octanol–water partition coefficient (Wildman–Crippen LogP) is 5.09. The molecule has 0 bridgehead atoms. The highest BCUT2D eigenvalue weighted by Gasteiger charge is 2.20. The van der Waals surface area contributed by atoms with E-state index in [-0.39, 0.29) is 0 Å². The van der Waals surface area contributed by atoms with Crippen molar-refractivity contribution >= 4 is 0 Å². The zero-order valence-corrected chi connectivity index (χ0v) is 17.1. The van der Waals surface area contributed by atoms with E-state index in [2.05, 4.69) is 48.3 Å². The molecule has 0 atom stereocenters. The molecule has 0 N–H and O–H groups in total. The van der Waals surface area contributed by atoms with E-state index in [0.29, 0.717) is 24.2 Å². The van der Waals surface area contributed by atoms with E-state index in [0.717, 1.165) is 28.3 Å². The standard InChI is InChI=1S/C23H24N4O2/c1-15(2)18-10-11-20(28-4)19(12-18)23-22(17-8-6-5-7-9-17)24-14-27(23)13-21-26-25-16(3)29-21/h5-12,14-15H,13H2,1-4H3. The number of hydrogen-bond acceptors (Lipinski definition) is 5. The van der Waals surface area contributed by atoms with Crippen LogP contribution in [0.25, 0.3) is 22.5 Å². The van der Waals surface area contributed by atoms with Crippen molar-refractivity contribution in [1.82, 2.24) is 19.7 Å². The third kappa shape index (κ3) is 3.78. The molecule has 0 aliphatic rings. The number of imidazole rings is 1. The second-order valence-corrected chi connectivity index (χ2v) is 7.26. The molecule has 2 aromatic carbocycles. The van der Waals surface area contributed by atoms with Gasteiger partial charge in [-0.1, -0.05) is 50.2 Å². The predicted molar refractivity (Wildman–Crippen MR) is 112 cm³/mol. The molecule has 0 saturated heterocycles. The summed E-state index contributed by atoms with van der Waals surface area (Å²) in [6, 6.07) is 16.5. The van der Waals surface area contributed by atoms with Crippen LogP contribution >= 0.6 is 0 Å². The minimum atomic E-state index is 0.398. The van der Waals surface area contributed by atoms with Gasteiger partial charge in [0.15, 0.2) is 0 Å². The van der Waals surface area contributed by atoms with Crippen molar-refractivity contribution in [2.75, 3.05) is 7.11 Å². The summed E-state index contributed by atoms with van der Waals surface area (Å²) in [5.41, 5.74) is 5.12. The fourth-order valence-corrected chi connectivity index (χ4v) is 3.41. The molecule has 0 amide bonds. The number of hydrogen-bond donors (Lipinski definition) is 0. The van der Waals surface area contributed by atoms with E-state index in [1.54, 1.807) is 14.0 Å². The summed E-state index contributed by atoms with van der Waals surface area (Å²) in [7, 11) is 1.69. The number of methoxy groups -OCH3 is 1. The van der Waals surface area contributed by atoms with Crippen molar-refractivity contribution in [3.05, 3.63) is 72.2 Å². The van der Waals surface area contributed by atoms with E-state index in [9.17, 15) is 0 Å². The van der Waals surface area contributed by atoms with Crippen molar-refractivity contribution in [2.45, 2.75) is 33.2 Å². The van der Waals surface area contributed by atoms with Crippen LogP contribution in [0.3, 0.4) is 0 Å². The maximum atomic E-state index is 5.71. The SMILES string of the molecule is COc1ccc(C(C)C)cc1-c1c(-c2ccccc2)ncn1Cc1nnc(C)o1. The Labute approximate surface area is 170 Å². The maximum absolute atomic E-state index is 5.71. The van der Waals surface area contributed by atoms with Crippen LogP contribution in [0.15, 0.2) is 59.3 Å². The summed E-state index contributed by atoms with van der Waals surface area (Å²) in [5, 5.41) is 8.10. The zero-order chi connectivity index (χ0) is 20.4. The lowest BCUT2D eigenvalue weighted by atomic mass is 9.97. The van der Waals surface area contributed by atoms with Crippen molar-refractivity contribution in [3.8, 4) is 28.3 Å². The van der Waals surface area contributed by atoms with E-state index < -0.39 is 0 Å². The fourth-order valence-electron chi connectivity index (χ4n) is 3.41. The Morgan fingerprint density at radius 2 is 1.86 bits per heavy atom. The second-order valence-electron chi connectivity index (χ2n) is 7.26. The van der Waals surface area contributed by atoms with Crippen LogP contribution in [0.5, 0.6) is 5.75 Å². The lowest BCUT2D eigenvalue weighted by Crippen LogP contribution is -2.03. The summed E-state index contributed by atoms with van der Waals surface area (Å²) in [6.45, 7) is 6.59. The molecule has 6 nitrogen and oxygen atoms in total. The largest absolute Gasteiger partial charge is 0.496 e. The average molecular weight is 388 g/mol. The highest BCUT2D eigenvalue weighted by molar-refractivity contribution is 5.82. The number of nitrogens with zero attached hydrogens (tertiary/aromatic N) is 4. The van der Waals surface area contributed by atoms with E-state index in [1.165, 1.54) is 5.56 Å². The Kier molecular flexibility index (Phi) is 5.16. The van der Waals surface area contributed by atoms with E-state index >= 15 is 0 Å². The molecule has 0 unspecified atom stereocenters. The van der Waals surface area contributed by atoms with Crippen LogP contribution in [0.4, 0.5) is 0 Å². The Hall–Kier alpha value is -3.41. The molecule has 29 heavy (non-hydrogen) atoms. The molecule has 4 rings (SSSR count). The number of benzene rings is 2. The normalized spacial score (nSPS) is 11.2. The molecule has 2 aromatic heterocycles. The molecule has 4 aromatic rings. The van der Waals surface area contributed by atoms with Crippen LogP contribution in [0.1, 0.15) is 37.1 Å². The fraction of sp³-hybridized carbons (Fsp3) is 0.261. The van der Waals surface area contributed by atoms with Gasteiger partial charge in [-0.3, -0.25) is 0 Å². The lowest BCUT2D eigenvalue weighted by Gasteiger charge is -2.16. The smallest absolute Gasteiger partial charge is 0.236 e. The van der Waals surface area contributed by atoms with E-state index in [4.69, 9.17) is 14.1 Å². The molecule has 6 heteroatoms. The van der Waals surface area contributed by atoms with Crippen molar-refractivity contribution in [2.24, 2.45) is 0 Å². The quantitative estimate of drug-likeness (QED) is 0.460. The Balaban J connectivity index is 1.92. The first-order valence-electron chi connectivity index (χ1n) is 9.64. The average Bonchev–Trinajstić information content (AvgIpc) is 3.34. The third-order valence-electron chi connectivity index (χ3n) is 4.90. The summed E-state index contributed by atoms with van der Waals surface area (Å²) in [6.07, 6.45) is 1.82. The number of aromatic nitrogens is 4. The van der Waals surface area contributed by atoms with Gasteiger partial charge >= 0.3 is 0 Å². The van der Waals surface area contributed by atoms with Crippen molar-refractivity contribution in [3.63, 3.8) is 0 Å². The molecular formula is C23H24N4O2. The first kappa shape index (κ1) is 18.9. The van der Waals surface area contributed by atoms with Crippen LogP contribution in [-0.4, -0.2) is 26.9 Å². The van der Waals surface area contributed by atoms with Gasteiger partial charge in [0.1, 0.15) is 12.3 Å². The molecule has 2 heterocycles. The molecule has 148 valence electrons. The molecule has 0 spiro atoms. The Bertz CT molecular complexity index is 1110. The Morgan fingerprint density at radius 1 is 1.07 bits per heavy atom. The molecule has 0 saturated carbocycles. The maximum Gasteiger partial charge on any atom is 0.236 e. The van der Waals surface area contributed by atoms with Gasteiger partial charge < -0.3 is 13.7 Å². The molecular weight excluding hydrogens is 364 g/mol. The van der Waals surface area contributed by atoms with Crippen molar-refractivity contribution in [1.29, 1.82) is 0 Å². The lowest BCUT2D eigenvalue weighted by molar-refractivity contribution is 0.415. The van der Waals surface area contributed by atoms with Crippen molar-refractivity contribution < 1.29 is 9.15 Å². The van der Waals surface area contributed by atoms with Gasteiger partial charge in [-0.2, -0.15) is 0 Å². The first-order chi connectivity index (χ1) is 14.1. The molecule has 0 aliphatic heterocycles. The third-order valence-corrected chi connectivity index (χ3v) is 4.90. The van der Waals surface area contributed by atoms with Gasteiger partial charge in [0.25, 0.3) is 0 Å². The number of rotatable bonds is 6. The summed E-state index contributed by atoms with van der Waals surface area (Å²) in [5.74, 6) is 2.29. The zero-order valence-electron chi connectivity index (χ0n) is 17.1. The topological polar surface area (TPSA) is 66.0 Å². The van der Waals surface area contributed by atoms with Gasteiger partial charge in [-0.15, -0.1) is 10.2 Å². The van der Waals surface area contributed by atoms with Crippen LogP contribution in [0, 0.1) is 6.92 Å². The minimum Gasteiger partial charge on any atom is -0.496 e. The summed E-state index contributed by atoms with van der Waals surface area (Å²) >= 11 is 0. The monoisotopic (exact) mass is 388 g/mol. The minimum absolute atomic E-state index is 0.398. The van der Waals surface area contributed by atoms with E-state index in [1.807, 2.05) is 35.2 Å². The second kappa shape index (κ2) is 7.91. The van der Waals surface area contributed by atoms with Gasteiger partial charge in [-0.05, 0) is 23.6 Å². The van der Waals surface area contributed by atoms with Crippen LogP contribution in [0.2, 0.25) is 0 Å². The summed E-state index contributed by atoms with van der Waals surface area (Å²) < 4.78 is 13.4. The van der Waals surface area contributed by atoms with Crippen LogP contribution in [-0.2, 0) is 6.54 Å². The molecule has 0 aliphatic carbocycles.